The van der Waals surface area contributed by atoms with Crippen LogP contribution in [0.5, 0.6) is 0 Å². The minimum absolute atomic E-state index is 0.0713. The Labute approximate surface area is 130 Å². The van der Waals surface area contributed by atoms with Gasteiger partial charge in [0.25, 0.3) is 0 Å². The first-order valence-electron chi connectivity index (χ1n) is 6.92. The lowest BCUT2D eigenvalue weighted by atomic mass is 9.66. The number of hydrogen-bond donors (Lipinski definition) is 0. The number of unbranched alkanes of at least 4 members (excludes halogenated alkanes) is 2. The van der Waals surface area contributed by atoms with Gasteiger partial charge in [0.15, 0.2) is 11.4 Å². The van der Waals surface area contributed by atoms with Crippen molar-refractivity contribution in [3.05, 3.63) is 10.6 Å². The molecule has 3 unspecified atom stereocenters. The van der Waals surface area contributed by atoms with Crippen molar-refractivity contribution in [3.8, 4) is 0 Å². The van der Waals surface area contributed by atoms with Crippen LogP contribution in [-0.2, 0) is 14.3 Å². The van der Waals surface area contributed by atoms with Gasteiger partial charge in [-0.1, -0.05) is 51.6 Å². The maximum atomic E-state index is 12.6. The van der Waals surface area contributed by atoms with Gasteiger partial charge in [-0.3, -0.25) is 4.79 Å². The fourth-order valence-electron chi connectivity index (χ4n) is 3.18. The topological polar surface area (TPSA) is 38.8 Å². The van der Waals surface area contributed by atoms with Crippen molar-refractivity contribution in [2.24, 2.45) is 5.92 Å². The Morgan fingerprint density at radius 3 is 2.89 bits per heavy atom. The zero-order chi connectivity index (χ0) is 13.7. The minimum atomic E-state index is -0.705. The summed E-state index contributed by atoms with van der Waals surface area (Å²) in [5.41, 5.74) is -0.569. The van der Waals surface area contributed by atoms with E-state index in [9.17, 15) is 4.79 Å². The zero-order valence-electron chi connectivity index (χ0n) is 11.0. The lowest BCUT2D eigenvalue weighted by Gasteiger charge is -2.47. The molecule has 3 aliphatic carbocycles. The smallest absolute Gasteiger partial charge is 0.190 e. The van der Waals surface area contributed by atoms with Gasteiger partial charge < -0.3 is 9.47 Å². The van der Waals surface area contributed by atoms with Crippen LogP contribution in [0.25, 0.3) is 0 Å². The van der Waals surface area contributed by atoms with E-state index in [-0.39, 0.29) is 17.8 Å². The second kappa shape index (κ2) is 4.93. The van der Waals surface area contributed by atoms with Crippen LogP contribution in [0.1, 0.15) is 32.6 Å². The highest BCUT2D eigenvalue weighted by atomic mass is 79.9. The Morgan fingerprint density at radius 2 is 2.26 bits per heavy atom. The Balaban J connectivity index is 1.74. The van der Waals surface area contributed by atoms with Crippen LogP contribution < -0.4 is 0 Å². The van der Waals surface area contributed by atoms with Crippen LogP contribution in [0, 0.1) is 5.92 Å². The first-order valence-corrected chi connectivity index (χ1v) is 8.51. The minimum Gasteiger partial charge on any atom is -0.376 e. The normalized spacial score (nSPS) is 43.7. The molecule has 0 N–H and O–H groups in total. The van der Waals surface area contributed by atoms with Gasteiger partial charge >= 0.3 is 0 Å². The summed E-state index contributed by atoms with van der Waals surface area (Å²) in [5, 5.41) is 0. The third-order valence-electron chi connectivity index (χ3n) is 4.42. The maximum Gasteiger partial charge on any atom is 0.190 e. The van der Waals surface area contributed by atoms with E-state index in [0.29, 0.717) is 6.61 Å². The molecule has 4 aliphatic rings. The summed E-state index contributed by atoms with van der Waals surface area (Å²) in [5.74, 6) is 0.274. The third-order valence-corrected chi connectivity index (χ3v) is 6.30. The lowest BCUT2D eigenvalue weighted by Crippen LogP contribution is -2.62. The van der Waals surface area contributed by atoms with Crippen LogP contribution in [0.3, 0.4) is 0 Å². The monoisotopic (exact) mass is 392 g/mol. The molecule has 1 aliphatic heterocycles. The number of carbonyl (C=O) groups is 1. The number of fused-ring (bicyclic) bond motifs is 1. The van der Waals surface area contributed by atoms with E-state index in [1.54, 1.807) is 0 Å². The average molecular weight is 394 g/mol. The summed E-state index contributed by atoms with van der Waals surface area (Å²) in [6, 6.07) is 0. The van der Waals surface area contributed by atoms with Gasteiger partial charge in [0.05, 0.1) is 12.7 Å². The van der Waals surface area contributed by atoms with Crippen LogP contribution >= 0.6 is 31.9 Å². The highest BCUT2D eigenvalue weighted by Crippen LogP contribution is 2.59. The molecule has 2 fully saturated rings. The standard InChI is InChI=1S/C14H18Br2O3/c1-2-3-4-5-18-11-6-9-10(15)7-13(11,16)12(17)14(9)8-19-14/h7,9,11H,2-6,8H2,1H3/t9?,11?,13?,14-/m0/s1. The number of halogens is 2. The number of rotatable bonds is 5. The Hall–Kier alpha value is 0.290. The molecule has 0 amide bonds. The molecular weight excluding hydrogens is 376 g/mol. The molecule has 19 heavy (non-hydrogen) atoms. The summed E-state index contributed by atoms with van der Waals surface area (Å²) in [6.45, 7) is 3.45. The summed E-state index contributed by atoms with van der Waals surface area (Å²) in [6.07, 6.45) is 6.16. The van der Waals surface area contributed by atoms with E-state index < -0.39 is 9.93 Å². The number of alkyl halides is 1. The molecule has 5 heteroatoms. The number of carbonyl (C=O) groups excluding carboxylic acids is 1. The number of ether oxygens (including phenoxy) is 2. The van der Waals surface area contributed by atoms with Crippen molar-refractivity contribution in [2.75, 3.05) is 13.2 Å². The molecule has 4 rings (SSSR count). The average Bonchev–Trinajstić information content (AvgIpc) is 3.15. The second-order valence-corrected chi connectivity index (χ2v) is 7.89. The van der Waals surface area contributed by atoms with E-state index >= 15 is 0 Å². The molecule has 1 heterocycles. The van der Waals surface area contributed by atoms with Gasteiger partial charge in [-0.15, -0.1) is 0 Å². The summed E-state index contributed by atoms with van der Waals surface area (Å²) in [7, 11) is 0. The first-order chi connectivity index (χ1) is 9.04. The van der Waals surface area contributed by atoms with Crippen molar-refractivity contribution in [1.82, 2.24) is 0 Å². The van der Waals surface area contributed by atoms with Crippen LogP contribution in [-0.4, -0.2) is 35.0 Å². The Morgan fingerprint density at radius 1 is 1.53 bits per heavy atom. The van der Waals surface area contributed by atoms with Gasteiger partial charge in [0.1, 0.15) is 4.32 Å². The quantitative estimate of drug-likeness (QED) is 0.408. The Bertz CT molecular complexity index is 430. The van der Waals surface area contributed by atoms with Gasteiger partial charge in [-0.05, 0) is 23.4 Å². The number of Topliss-reactive ketones (excluding diaryl/α,β-unsaturated/α-hetero) is 1. The van der Waals surface area contributed by atoms with Crippen LogP contribution in [0.4, 0.5) is 0 Å². The fraction of sp³-hybridized carbons (Fsp3) is 0.786. The van der Waals surface area contributed by atoms with E-state index in [2.05, 4.69) is 38.8 Å². The van der Waals surface area contributed by atoms with Gasteiger partial charge in [-0.25, -0.2) is 0 Å². The van der Waals surface area contributed by atoms with E-state index in [4.69, 9.17) is 9.47 Å². The van der Waals surface area contributed by atoms with Crippen molar-refractivity contribution in [3.63, 3.8) is 0 Å². The second-order valence-electron chi connectivity index (χ2n) is 5.66. The molecular formula is C14H18Br2O3. The highest BCUT2D eigenvalue weighted by Gasteiger charge is 2.71. The van der Waals surface area contributed by atoms with Crippen molar-refractivity contribution < 1.29 is 14.3 Å². The molecule has 0 aromatic rings. The summed E-state index contributed by atoms with van der Waals surface area (Å²) in [4.78, 5) is 12.6. The van der Waals surface area contributed by atoms with E-state index in [0.717, 1.165) is 23.9 Å². The Kier molecular flexibility index (Phi) is 3.70. The lowest BCUT2D eigenvalue weighted by molar-refractivity contribution is -0.137. The number of hydrogen-bond acceptors (Lipinski definition) is 3. The predicted octanol–water partition coefficient (Wildman–Crippen LogP) is 3.35. The van der Waals surface area contributed by atoms with Crippen LogP contribution in [0.2, 0.25) is 0 Å². The van der Waals surface area contributed by atoms with Crippen LogP contribution in [0.15, 0.2) is 10.6 Å². The van der Waals surface area contributed by atoms with Crippen molar-refractivity contribution in [1.29, 1.82) is 0 Å². The molecule has 0 aromatic carbocycles. The van der Waals surface area contributed by atoms with Crippen molar-refractivity contribution in [2.45, 2.75) is 48.6 Å². The molecule has 0 radical (unpaired) electrons. The fourth-order valence-corrected chi connectivity index (χ4v) is 5.30. The molecule has 106 valence electrons. The van der Waals surface area contributed by atoms with Gasteiger partial charge in [0, 0.05) is 12.5 Å². The zero-order valence-corrected chi connectivity index (χ0v) is 14.1. The molecule has 4 atom stereocenters. The molecule has 1 saturated heterocycles. The highest BCUT2D eigenvalue weighted by molar-refractivity contribution is 9.12. The van der Waals surface area contributed by atoms with E-state index in [1.807, 2.05) is 6.08 Å². The maximum absolute atomic E-state index is 12.6. The number of epoxide rings is 1. The molecule has 1 spiro atoms. The molecule has 1 saturated carbocycles. The van der Waals surface area contributed by atoms with E-state index in [1.165, 1.54) is 12.8 Å². The molecule has 2 bridgehead atoms. The van der Waals surface area contributed by atoms with Gasteiger partial charge in [-0.2, -0.15) is 0 Å². The molecule has 0 aromatic heterocycles. The predicted molar refractivity (Wildman–Crippen MR) is 79.7 cm³/mol. The van der Waals surface area contributed by atoms with Crippen molar-refractivity contribution >= 4 is 37.6 Å². The third kappa shape index (κ3) is 2.08. The van der Waals surface area contributed by atoms with Gasteiger partial charge in [0.2, 0.25) is 0 Å². The summed E-state index contributed by atoms with van der Waals surface area (Å²) < 4.78 is 11.9. The largest absolute Gasteiger partial charge is 0.376 e. The first kappa shape index (κ1) is 14.2. The SMILES string of the molecule is CCCCCOC1CC2C(Br)=CC1(Br)C(=O)[C@]21CO1. The molecule has 3 nitrogen and oxygen atoms in total. The number of ketones is 1. The summed E-state index contributed by atoms with van der Waals surface area (Å²) >= 11 is 7.22.